The number of pyridine rings is 1. The van der Waals surface area contributed by atoms with Crippen molar-refractivity contribution in [2.24, 2.45) is 11.1 Å². The van der Waals surface area contributed by atoms with E-state index in [0.717, 1.165) is 6.42 Å². The number of aromatic nitrogens is 1. The quantitative estimate of drug-likeness (QED) is 0.861. The van der Waals surface area contributed by atoms with Crippen LogP contribution in [0.3, 0.4) is 0 Å². The van der Waals surface area contributed by atoms with Crippen LogP contribution in [0, 0.1) is 5.41 Å². The van der Waals surface area contributed by atoms with E-state index in [1.54, 1.807) is 12.1 Å². The molecule has 0 radical (unpaired) electrons. The molecule has 3 N–H and O–H groups in total. The molecule has 6 nitrogen and oxygen atoms in total. The molecule has 0 amide bonds. The Kier molecular flexibility index (Phi) is 3.79. The van der Waals surface area contributed by atoms with E-state index in [1.807, 2.05) is 0 Å². The van der Waals surface area contributed by atoms with Crippen molar-refractivity contribution >= 4 is 15.8 Å². The van der Waals surface area contributed by atoms with E-state index in [-0.39, 0.29) is 22.4 Å². The maximum absolute atomic E-state index is 11.9. The van der Waals surface area contributed by atoms with E-state index in [4.69, 9.17) is 5.73 Å². The van der Waals surface area contributed by atoms with Crippen molar-refractivity contribution in [3.8, 4) is 0 Å². The normalized spacial score (nSPS) is 25.3. The SMILES string of the molecule is CN(C)S(=O)(=O)c1ccc(NC2CC(N)C2(C)C)nc1. The highest BCUT2D eigenvalue weighted by molar-refractivity contribution is 7.89. The Hall–Kier alpha value is -1.18. The Labute approximate surface area is 120 Å². The van der Waals surface area contributed by atoms with Crippen molar-refractivity contribution in [1.29, 1.82) is 0 Å². The molecule has 1 aliphatic carbocycles. The van der Waals surface area contributed by atoms with E-state index in [2.05, 4.69) is 24.1 Å². The molecule has 0 aromatic carbocycles. The van der Waals surface area contributed by atoms with Gasteiger partial charge in [0, 0.05) is 37.8 Å². The summed E-state index contributed by atoms with van der Waals surface area (Å²) >= 11 is 0. The Bertz CT molecular complexity index is 581. The molecule has 1 aromatic rings. The molecule has 0 aliphatic heterocycles. The first-order valence-corrected chi connectivity index (χ1v) is 8.00. The minimum Gasteiger partial charge on any atom is -0.367 e. The van der Waals surface area contributed by atoms with Gasteiger partial charge in [-0.15, -0.1) is 0 Å². The minimum absolute atomic E-state index is 0.0239. The topological polar surface area (TPSA) is 88.3 Å². The third-order valence-electron chi connectivity index (χ3n) is 4.18. The van der Waals surface area contributed by atoms with Crippen LogP contribution in [0.4, 0.5) is 5.82 Å². The molecule has 2 rings (SSSR count). The molecule has 0 bridgehead atoms. The number of sulfonamides is 1. The van der Waals surface area contributed by atoms with Crippen LogP contribution in [0.25, 0.3) is 0 Å². The lowest BCUT2D eigenvalue weighted by atomic mass is 9.63. The summed E-state index contributed by atoms with van der Waals surface area (Å²) in [7, 11) is -0.423. The summed E-state index contributed by atoms with van der Waals surface area (Å²) in [5.41, 5.74) is 5.99. The van der Waals surface area contributed by atoms with Gasteiger partial charge in [0.2, 0.25) is 10.0 Å². The van der Waals surface area contributed by atoms with Gasteiger partial charge in [0.05, 0.1) is 0 Å². The first-order chi connectivity index (χ1) is 9.15. The summed E-state index contributed by atoms with van der Waals surface area (Å²) in [5.74, 6) is 0.674. The van der Waals surface area contributed by atoms with Crippen molar-refractivity contribution in [3.05, 3.63) is 18.3 Å². The molecule has 1 fully saturated rings. The third-order valence-corrected chi connectivity index (χ3v) is 5.98. The fourth-order valence-corrected chi connectivity index (χ4v) is 3.06. The molecular formula is C13H22N4O2S. The van der Waals surface area contributed by atoms with Crippen molar-refractivity contribution in [2.45, 2.75) is 37.2 Å². The smallest absolute Gasteiger partial charge is 0.244 e. The van der Waals surface area contributed by atoms with Gasteiger partial charge >= 0.3 is 0 Å². The van der Waals surface area contributed by atoms with Gasteiger partial charge in [-0.3, -0.25) is 0 Å². The van der Waals surface area contributed by atoms with Gasteiger partial charge in [0.25, 0.3) is 0 Å². The highest BCUT2D eigenvalue weighted by Crippen LogP contribution is 2.40. The fraction of sp³-hybridized carbons (Fsp3) is 0.615. The molecule has 112 valence electrons. The lowest BCUT2D eigenvalue weighted by Crippen LogP contribution is -2.61. The van der Waals surface area contributed by atoms with Crippen molar-refractivity contribution < 1.29 is 8.42 Å². The monoisotopic (exact) mass is 298 g/mol. The van der Waals surface area contributed by atoms with E-state index in [0.29, 0.717) is 5.82 Å². The van der Waals surface area contributed by atoms with Crippen molar-refractivity contribution in [1.82, 2.24) is 9.29 Å². The van der Waals surface area contributed by atoms with Crippen LogP contribution in [0.2, 0.25) is 0 Å². The number of hydrogen-bond acceptors (Lipinski definition) is 5. The lowest BCUT2D eigenvalue weighted by molar-refractivity contribution is 0.117. The molecule has 0 saturated heterocycles. The zero-order chi connectivity index (χ0) is 15.1. The van der Waals surface area contributed by atoms with Crippen LogP contribution in [-0.2, 0) is 10.0 Å². The first kappa shape index (κ1) is 15.2. The molecular weight excluding hydrogens is 276 g/mol. The number of nitrogens with one attached hydrogen (secondary N) is 1. The van der Waals surface area contributed by atoms with Crippen LogP contribution >= 0.6 is 0 Å². The van der Waals surface area contributed by atoms with Gasteiger partial charge in [-0.1, -0.05) is 13.8 Å². The fourth-order valence-electron chi connectivity index (χ4n) is 2.21. The van der Waals surface area contributed by atoms with Crippen molar-refractivity contribution in [2.75, 3.05) is 19.4 Å². The van der Waals surface area contributed by atoms with Gasteiger partial charge in [0.1, 0.15) is 10.7 Å². The average molecular weight is 298 g/mol. The minimum atomic E-state index is -3.42. The first-order valence-electron chi connectivity index (χ1n) is 6.56. The molecule has 20 heavy (non-hydrogen) atoms. The van der Waals surface area contributed by atoms with Gasteiger partial charge in [-0.25, -0.2) is 17.7 Å². The number of nitrogens with two attached hydrogens (primary N) is 1. The molecule has 2 atom stereocenters. The Balaban J connectivity index is 2.11. The Morgan fingerprint density at radius 2 is 2.05 bits per heavy atom. The summed E-state index contributed by atoms with van der Waals surface area (Å²) in [6.07, 6.45) is 2.27. The maximum Gasteiger partial charge on any atom is 0.244 e. The van der Waals surface area contributed by atoms with Gasteiger partial charge in [-0.05, 0) is 18.6 Å². The summed E-state index contributed by atoms with van der Waals surface area (Å²) < 4.78 is 25.0. The van der Waals surface area contributed by atoms with Crippen LogP contribution in [0.5, 0.6) is 0 Å². The number of nitrogens with zero attached hydrogens (tertiary/aromatic N) is 2. The zero-order valence-electron chi connectivity index (χ0n) is 12.3. The third kappa shape index (κ3) is 2.53. The predicted molar refractivity (Wildman–Crippen MR) is 78.9 cm³/mol. The van der Waals surface area contributed by atoms with E-state index < -0.39 is 10.0 Å². The largest absolute Gasteiger partial charge is 0.367 e. The van der Waals surface area contributed by atoms with E-state index in [1.165, 1.54) is 24.6 Å². The molecule has 0 spiro atoms. The van der Waals surface area contributed by atoms with Gasteiger partial charge < -0.3 is 11.1 Å². The van der Waals surface area contributed by atoms with Gasteiger partial charge in [0.15, 0.2) is 0 Å². The second-order valence-electron chi connectivity index (χ2n) is 6.03. The Morgan fingerprint density at radius 1 is 1.40 bits per heavy atom. The van der Waals surface area contributed by atoms with Crippen LogP contribution in [-0.4, -0.2) is 43.9 Å². The van der Waals surface area contributed by atoms with Crippen molar-refractivity contribution in [3.63, 3.8) is 0 Å². The summed E-state index contributed by atoms with van der Waals surface area (Å²) in [4.78, 5) is 4.37. The van der Waals surface area contributed by atoms with E-state index >= 15 is 0 Å². The molecule has 2 unspecified atom stereocenters. The summed E-state index contributed by atoms with van der Waals surface area (Å²) in [5, 5.41) is 3.31. The van der Waals surface area contributed by atoms with Gasteiger partial charge in [-0.2, -0.15) is 0 Å². The highest BCUT2D eigenvalue weighted by atomic mass is 32.2. The van der Waals surface area contributed by atoms with E-state index in [9.17, 15) is 8.42 Å². The second-order valence-corrected chi connectivity index (χ2v) is 8.18. The number of anilines is 1. The average Bonchev–Trinajstić information content (AvgIpc) is 2.39. The highest BCUT2D eigenvalue weighted by Gasteiger charge is 2.46. The molecule has 1 saturated carbocycles. The van der Waals surface area contributed by atoms with Crippen LogP contribution < -0.4 is 11.1 Å². The maximum atomic E-state index is 11.9. The standard InChI is InChI=1S/C13H22N4O2S/c1-13(2)10(14)7-11(13)16-12-6-5-9(8-15-12)20(18,19)17(3)4/h5-6,8,10-11H,7,14H2,1-4H3,(H,15,16). The van der Waals surface area contributed by atoms with Crippen LogP contribution in [0.1, 0.15) is 20.3 Å². The number of rotatable bonds is 4. The van der Waals surface area contributed by atoms with Crippen LogP contribution in [0.15, 0.2) is 23.2 Å². The summed E-state index contributed by atoms with van der Waals surface area (Å²) in [6.45, 7) is 4.23. The molecule has 1 aliphatic rings. The lowest BCUT2D eigenvalue weighted by Gasteiger charge is -2.50. The Morgan fingerprint density at radius 3 is 2.45 bits per heavy atom. The second kappa shape index (κ2) is 4.98. The zero-order valence-corrected chi connectivity index (χ0v) is 13.1. The molecule has 1 heterocycles. The summed E-state index contributed by atoms with van der Waals surface area (Å²) in [6, 6.07) is 3.71. The molecule has 7 heteroatoms. The number of hydrogen-bond donors (Lipinski definition) is 2. The predicted octanol–water partition coefficient (Wildman–Crippen LogP) is 0.870. The molecule has 1 aromatic heterocycles.